The number of nitrogens with one attached hydrogen (secondary N) is 1. The minimum atomic E-state index is -3.31. The van der Waals surface area contributed by atoms with Gasteiger partial charge in [-0.15, -0.1) is 0 Å². The molecule has 0 aromatic heterocycles. The molecular weight excluding hydrogens is 284 g/mol. The highest BCUT2D eigenvalue weighted by molar-refractivity contribution is 7.89. The molecule has 0 spiro atoms. The van der Waals surface area contributed by atoms with Gasteiger partial charge in [-0.3, -0.25) is 0 Å². The quantitative estimate of drug-likeness (QED) is 0.839. The van der Waals surface area contributed by atoms with E-state index in [-0.39, 0.29) is 0 Å². The zero-order chi connectivity index (χ0) is 14.5. The highest BCUT2D eigenvalue weighted by atomic mass is 35.5. The highest BCUT2D eigenvalue weighted by Gasteiger charge is 2.25. The largest absolute Gasteiger partial charge is 0.316 e. The zero-order valence-electron chi connectivity index (χ0n) is 11.6. The van der Waals surface area contributed by atoms with Crippen molar-refractivity contribution in [3.8, 4) is 0 Å². The first-order chi connectivity index (χ1) is 8.89. The molecule has 0 saturated heterocycles. The third-order valence-corrected chi connectivity index (χ3v) is 5.53. The molecule has 19 heavy (non-hydrogen) atoms. The molecular formula is C13H21ClN2O2S. The Labute approximate surface area is 120 Å². The van der Waals surface area contributed by atoms with E-state index in [1.807, 2.05) is 25.1 Å². The first-order valence-corrected chi connectivity index (χ1v) is 8.17. The Morgan fingerprint density at radius 3 is 2.58 bits per heavy atom. The van der Waals surface area contributed by atoms with Crippen LogP contribution >= 0.6 is 11.6 Å². The minimum Gasteiger partial charge on any atom is -0.316 e. The van der Waals surface area contributed by atoms with Gasteiger partial charge < -0.3 is 5.32 Å². The maximum Gasteiger partial charge on any atom is 0.218 e. The molecule has 0 bridgehead atoms. The standard InChI is InChI=1S/C13H21ClN2O2S/c1-4-15-9-11(2)19(17,18)16(3)10-12-7-5-6-8-13(12)14/h5-8,11,15H,4,9-10H2,1-3H3. The summed E-state index contributed by atoms with van der Waals surface area (Å²) in [6, 6.07) is 7.28. The van der Waals surface area contributed by atoms with Gasteiger partial charge in [0.15, 0.2) is 0 Å². The van der Waals surface area contributed by atoms with Gasteiger partial charge >= 0.3 is 0 Å². The smallest absolute Gasteiger partial charge is 0.218 e. The van der Waals surface area contributed by atoms with Crippen LogP contribution in [0.1, 0.15) is 19.4 Å². The van der Waals surface area contributed by atoms with Crippen molar-refractivity contribution in [2.45, 2.75) is 25.6 Å². The van der Waals surface area contributed by atoms with Crippen LogP contribution in [0.4, 0.5) is 0 Å². The third kappa shape index (κ3) is 4.45. The number of hydrogen-bond donors (Lipinski definition) is 1. The first-order valence-electron chi connectivity index (χ1n) is 6.28. The maximum atomic E-state index is 12.3. The van der Waals surface area contributed by atoms with Gasteiger partial charge in [0.1, 0.15) is 0 Å². The molecule has 1 unspecified atom stereocenters. The molecule has 108 valence electrons. The summed E-state index contributed by atoms with van der Waals surface area (Å²) in [6.07, 6.45) is 0. The van der Waals surface area contributed by atoms with Gasteiger partial charge in [0.2, 0.25) is 10.0 Å². The number of benzene rings is 1. The van der Waals surface area contributed by atoms with E-state index in [9.17, 15) is 8.42 Å². The lowest BCUT2D eigenvalue weighted by atomic mass is 10.2. The fraction of sp³-hybridized carbons (Fsp3) is 0.538. The Morgan fingerprint density at radius 1 is 1.37 bits per heavy atom. The Balaban J connectivity index is 2.76. The van der Waals surface area contributed by atoms with E-state index in [0.29, 0.717) is 18.1 Å². The van der Waals surface area contributed by atoms with Gasteiger partial charge in [0.05, 0.1) is 5.25 Å². The van der Waals surface area contributed by atoms with E-state index in [4.69, 9.17) is 11.6 Å². The molecule has 0 aliphatic heterocycles. The molecule has 1 aromatic carbocycles. The maximum absolute atomic E-state index is 12.3. The minimum absolute atomic E-state index is 0.290. The summed E-state index contributed by atoms with van der Waals surface area (Å²) in [4.78, 5) is 0. The molecule has 1 atom stereocenters. The average molecular weight is 305 g/mol. The third-order valence-electron chi connectivity index (χ3n) is 2.98. The van der Waals surface area contributed by atoms with E-state index in [0.717, 1.165) is 12.1 Å². The SMILES string of the molecule is CCNCC(C)S(=O)(=O)N(C)Cc1ccccc1Cl. The molecule has 0 radical (unpaired) electrons. The van der Waals surface area contributed by atoms with E-state index in [2.05, 4.69) is 5.32 Å². The lowest BCUT2D eigenvalue weighted by molar-refractivity contribution is 0.454. The molecule has 1 aromatic rings. The van der Waals surface area contributed by atoms with Crippen molar-refractivity contribution in [3.63, 3.8) is 0 Å². The Hall–Kier alpha value is -0.620. The predicted octanol–water partition coefficient (Wildman–Crippen LogP) is 2.10. The van der Waals surface area contributed by atoms with Crippen molar-refractivity contribution >= 4 is 21.6 Å². The first kappa shape index (κ1) is 16.4. The Morgan fingerprint density at radius 2 is 2.00 bits per heavy atom. The number of rotatable bonds is 7. The van der Waals surface area contributed by atoms with Crippen molar-refractivity contribution in [3.05, 3.63) is 34.9 Å². The van der Waals surface area contributed by atoms with Crippen LogP contribution in [0.2, 0.25) is 5.02 Å². The van der Waals surface area contributed by atoms with Crippen LogP contribution in [-0.2, 0) is 16.6 Å². The van der Waals surface area contributed by atoms with Gasteiger partial charge in [-0.05, 0) is 25.1 Å². The highest BCUT2D eigenvalue weighted by Crippen LogP contribution is 2.18. The van der Waals surface area contributed by atoms with E-state index in [1.165, 1.54) is 4.31 Å². The molecule has 0 saturated carbocycles. The molecule has 0 aliphatic carbocycles. The van der Waals surface area contributed by atoms with Crippen LogP contribution in [0.15, 0.2) is 24.3 Å². The second-order valence-corrected chi connectivity index (χ2v) is 7.38. The van der Waals surface area contributed by atoms with Crippen LogP contribution < -0.4 is 5.32 Å². The molecule has 0 fully saturated rings. The van der Waals surface area contributed by atoms with Crippen molar-refractivity contribution in [1.29, 1.82) is 0 Å². The average Bonchev–Trinajstić information content (AvgIpc) is 2.38. The number of hydrogen-bond acceptors (Lipinski definition) is 3. The summed E-state index contributed by atoms with van der Waals surface area (Å²) in [5.74, 6) is 0. The van der Waals surface area contributed by atoms with Gasteiger partial charge in [-0.2, -0.15) is 0 Å². The summed E-state index contributed by atoms with van der Waals surface area (Å²) in [7, 11) is -1.73. The number of halogens is 1. The van der Waals surface area contributed by atoms with Crippen molar-refractivity contribution < 1.29 is 8.42 Å². The van der Waals surface area contributed by atoms with Crippen molar-refractivity contribution in [2.24, 2.45) is 0 Å². The number of nitrogens with zero attached hydrogens (tertiary/aromatic N) is 1. The summed E-state index contributed by atoms with van der Waals surface area (Å²) < 4.78 is 25.9. The fourth-order valence-corrected chi connectivity index (χ4v) is 3.17. The Bertz CT molecular complexity index is 505. The van der Waals surface area contributed by atoms with E-state index < -0.39 is 15.3 Å². The predicted molar refractivity (Wildman–Crippen MR) is 79.8 cm³/mol. The van der Waals surface area contributed by atoms with Crippen LogP contribution in [0, 0.1) is 0 Å². The Kier molecular flexibility index (Phi) is 6.26. The number of sulfonamides is 1. The molecule has 0 amide bonds. The van der Waals surface area contributed by atoms with Gasteiger partial charge in [-0.1, -0.05) is 36.7 Å². The second kappa shape index (κ2) is 7.24. The van der Waals surface area contributed by atoms with Crippen LogP contribution in [-0.4, -0.2) is 38.1 Å². The summed E-state index contributed by atoms with van der Waals surface area (Å²) >= 11 is 6.05. The van der Waals surface area contributed by atoms with Crippen molar-refractivity contribution in [2.75, 3.05) is 20.1 Å². The molecule has 0 aliphatic rings. The normalized spacial score (nSPS) is 13.7. The van der Waals surface area contributed by atoms with E-state index in [1.54, 1.807) is 20.0 Å². The second-order valence-electron chi connectivity index (χ2n) is 4.51. The van der Waals surface area contributed by atoms with E-state index >= 15 is 0 Å². The van der Waals surface area contributed by atoms with Gasteiger partial charge in [0.25, 0.3) is 0 Å². The fourth-order valence-electron chi connectivity index (χ4n) is 1.72. The monoisotopic (exact) mass is 304 g/mol. The van der Waals surface area contributed by atoms with Crippen LogP contribution in [0.25, 0.3) is 0 Å². The molecule has 0 heterocycles. The lowest BCUT2D eigenvalue weighted by Crippen LogP contribution is -2.39. The molecule has 4 nitrogen and oxygen atoms in total. The van der Waals surface area contributed by atoms with Crippen LogP contribution in [0.5, 0.6) is 0 Å². The summed E-state index contributed by atoms with van der Waals surface area (Å²) in [5.41, 5.74) is 0.811. The van der Waals surface area contributed by atoms with Gasteiger partial charge in [0, 0.05) is 25.2 Å². The summed E-state index contributed by atoms with van der Waals surface area (Å²) in [5, 5.41) is 3.18. The van der Waals surface area contributed by atoms with Crippen LogP contribution in [0.3, 0.4) is 0 Å². The lowest BCUT2D eigenvalue weighted by Gasteiger charge is -2.22. The molecule has 1 N–H and O–H groups in total. The molecule has 1 rings (SSSR count). The topological polar surface area (TPSA) is 49.4 Å². The summed E-state index contributed by atoms with van der Waals surface area (Å²) in [6.45, 7) is 5.16. The van der Waals surface area contributed by atoms with Gasteiger partial charge in [-0.25, -0.2) is 12.7 Å². The molecule has 6 heteroatoms. The zero-order valence-corrected chi connectivity index (χ0v) is 13.1. The van der Waals surface area contributed by atoms with Crippen molar-refractivity contribution in [1.82, 2.24) is 9.62 Å².